The summed E-state index contributed by atoms with van der Waals surface area (Å²) in [5, 5.41) is 15.2. The second kappa shape index (κ2) is 6.86. The summed E-state index contributed by atoms with van der Waals surface area (Å²) >= 11 is 0. The maximum absolute atomic E-state index is 11.6. The highest BCUT2D eigenvalue weighted by molar-refractivity contribution is 5.77. The molecule has 106 valence electrons. The third kappa shape index (κ3) is 5.07. The SMILES string of the molecule is Cc1noc(CCC(=O)NCC(C(=O)O)C(C)C)n1. The molecule has 1 amide bonds. The van der Waals surface area contributed by atoms with Crippen molar-refractivity contribution >= 4 is 11.9 Å². The van der Waals surface area contributed by atoms with Gasteiger partial charge in [-0.2, -0.15) is 4.98 Å². The zero-order valence-electron chi connectivity index (χ0n) is 11.3. The van der Waals surface area contributed by atoms with E-state index in [0.717, 1.165) is 0 Å². The molecule has 0 aliphatic heterocycles. The van der Waals surface area contributed by atoms with Crippen LogP contribution in [-0.4, -0.2) is 33.7 Å². The molecule has 1 heterocycles. The minimum absolute atomic E-state index is 0.0311. The van der Waals surface area contributed by atoms with Crippen molar-refractivity contribution in [3.05, 3.63) is 11.7 Å². The first-order chi connectivity index (χ1) is 8.90. The van der Waals surface area contributed by atoms with Crippen molar-refractivity contribution in [3.63, 3.8) is 0 Å². The molecule has 1 rings (SSSR count). The first-order valence-corrected chi connectivity index (χ1v) is 6.18. The molecule has 0 saturated carbocycles. The molecule has 0 saturated heterocycles. The maximum atomic E-state index is 11.6. The lowest BCUT2D eigenvalue weighted by Gasteiger charge is -2.16. The van der Waals surface area contributed by atoms with E-state index in [-0.39, 0.29) is 24.8 Å². The zero-order valence-corrected chi connectivity index (χ0v) is 11.3. The molecule has 0 spiro atoms. The van der Waals surface area contributed by atoms with E-state index in [9.17, 15) is 9.59 Å². The standard InChI is InChI=1S/C12H19N3O4/c1-7(2)9(12(17)18)6-13-10(16)4-5-11-14-8(3)15-19-11/h7,9H,4-6H2,1-3H3,(H,13,16)(H,17,18). The number of nitrogens with zero attached hydrogens (tertiary/aromatic N) is 2. The van der Waals surface area contributed by atoms with Crippen molar-refractivity contribution in [2.24, 2.45) is 11.8 Å². The van der Waals surface area contributed by atoms with Crippen LogP contribution in [-0.2, 0) is 16.0 Å². The molecule has 1 atom stereocenters. The fourth-order valence-corrected chi connectivity index (χ4v) is 1.58. The van der Waals surface area contributed by atoms with Crippen molar-refractivity contribution in [1.82, 2.24) is 15.5 Å². The number of hydrogen-bond acceptors (Lipinski definition) is 5. The lowest BCUT2D eigenvalue weighted by molar-refractivity contribution is -0.143. The highest BCUT2D eigenvalue weighted by Crippen LogP contribution is 2.09. The van der Waals surface area contributed by atoms with Gasteiger partial charge in [0.25, 0.3) is 0 Å². The molecule has 2 N–H and O–H groups in total. The van der Waals surface area contributed by atoms with Gasteiger partial charge in [0.15, 0.2) is 5.82 Å². The minimum atomic E-state index is -0.900. The number of nitrogens with one attached hydrogen (secondary N) is 1. The van der Waals surface area contributed by atoms with Crippen LogP contribution in [0.15, 0.2) is 4.52 Å². The number of rotatable bonds is 7. The van der Waals surface area contributed by atoms with Gasteiger partial charge in [-0.1, -0.05) is 19.0 Å². The number of carboxylic acids is 1. The molecular formula is C12H19N3O4. The van der Waals surface area contributed by atoms with Gasteiger partial charge in [0, 0.05) is 19.4 Å². The van der Waals surface area contributed by atoms with Crippen molar-refractivity contribution in [3.8, 4) is 0 Å². The van der Waals surface area contributed by atoms with E-state index in [2.05, 4.69) is 15.5 Å². The van der Waals surface area contributed by atoms with E-state index in [1.165, 1.54) is 0 Å². The van der Waals surface area contributed by atoms with Gasteiger partial charge in [-0.15, -0.1) is 0 Å². The summed E-state index contributed by atoms with van der Waals surface area (Å²) in [5.41, 5.74) is 0. The Labute approximate surface area is 111 Å². The van der Waals surface area contributed by atoms with Crippen LogP contribution in [0.2, 0.25) is 0 Å². The number of carbonyl (C=O) groups is 2. The Balaban J connectivity index is 2.33. The predicted octanol–water partition coefficient (Wildman–Crippen LogP) is 0.784. The van der Waals surface area contributed by atoms with Gasteiger partial charge in [0.2, 0.25) is 11.8 Å². The fraction of sp³-hybridized carbons (Fsp3) is 0.667. The summed E-state index contributed by atoms with van der Waals surface area (Å²) in [4.78, 5) is 26.5. The molecule has 0 aliphatic rings. The van der Waals surface area contributed by atoms with Crippen LogP contribution in [0.3, 0.4) is 0 Å². The quantitative estimate of drug-likeness (QED) is 0.758. The van der Waals surface area contributed by atoms with Crippen molar-refractivity contribution in [2.75, 3.05) is 6.54 Å². The predicted molar refractivity (Wildman–Crippen MR) is 66.3 cm³/mol. The Kier molecular flexibility index (Phi) is 5.47. The van der Waals surface area contributed by atoms with Crippen LogP contribution in [0.1, 0.15) is 32.0 Å². The Morgan fingerprint density at radius 1 is 1.42 bits per heavy atom. The van der Waals surface area contributed by atoms with Crippen molar-refractivity contribution in [2.45, 2.75) is 33.6 Å². The third-order valence-corrected chi connectivity index (χ3v) is 2.78. The normalized spacial score (nSPS) is 12.4. The first-order valence-electron chi connectivity index (χ1n) is 6.18. The average Bonchev–Trinajstić information content (AvgIpc) is 2.71. The van der Waals surface area contributed by atoms with Crippen LogP contribution in [0.25, 0.3) is 0 Å². The van der Waals surface area contributed by atoms with Gasteiger partial charge in [-0.05, 0) is 12.8 Å². The van der Waals surface area contributed by atoms with Crippen LogP contribution in [0, 0.1) is 18.8 Å². The highest BCUT2D eigenvalue weighted by Gasteiger charge is 2.21. The highest BCUT2D eigenvalue weighted by atomic mass is 16.5. The molecule has 19 heavy (non-hydrogen) atoms. The summed E-state index contributed by atoms with van der Waals surface area (Å²) in [6, 6.07) is 0. The van der Waals surface area contributed by atoms with Crippen LogP contribution in [0.4, 0.5) is 0 Å². The van der Waals surface area contributed by atoms with Crippen LogP contribution < -0.4 is 5.32 Å². The van der Waals surface area contributed by atoms with E-state index in [1.807, 2.05) is 13.8 Å². The number of aliphatic carboxylic acids is 1. The van der Waals surface area contributed by atoms with Gasteiger partial charge in [0.1, 0.15) is 0 Å². The molecular weight excluding hydrogens is 250 g/mol. The third-order valence-electron chi connectivity index (χ3n) is 2.78. The summed E-state index contributed by atoms with van der Waals surface area (Å²) in [6.45, 7) is 5.46. The zero-order chi connectivity index (χ0) is 14.4. The Hall–Kier alpha value is -1.92. The van der Waals surface area contributed by atoms with Gasteiger partial charge in [-0.3, -0.25) is 9.59 Å². The van der Waals surface area contributed by atoms with E-state index < -0.39 is 11.9 Å². The number of aromatic nitrogens is 2. The van der Waals surface area contributed by atoms with E-state index in [4.69, 9.17) is 9.63 Å². The summed E-state index contributed by atoms with van der Waals surface area (Å²) in [5.74, 6) is -0.788. The molecule has 0 fully saturated rings. The molecule has 0 aromatic carbocycles. The lowest BCUT2D eigenvalue weighted by atomic mass is 9.96. The molecule has 0 radical (unpaired) electrons. The molecule has 7 heteroatoms. The summed E-state index contributed by atoms with van der Waals surface area (Å²) < 4.78 is 4.88. The number of amides is 1. The van der Waals surface area contributed by atoms with Crippen molar-refractivity contribution in [1.29, 1.82) is 0 Å². The monoisotopic (exact) mass is 269 g/mol. The molecule has 1 unspecified atom stereocenters. The van der Waals surface area contributed by atoms with Crippen LogP contribution in [0.5, 0.6) is 0 Å². The number of aryl methyl sites for hydroxylation is 2. The summed E-state index contributed by atoms with van der Waals surface area (Å²) in [6.07, 6.45) is 0.554. The first kappa shape index (κ1) is 15.1. The molecule has 1 aromatic rings. The number of hydrogen-bond donors (Lipinski definition) is 2. The van der Waals surface area contributed by atoms with Gasteiger partial charge in [0.05, 0.1) is 5.92 Å². The number of carbonyl (C=O) groups excluding carboxylic acids is 1. The fourth-order valence-electron chi connectivity index (χ4n) is 1.58. The Bertz CT molecular complexity index is 442. The van der Waals surface area contributed by atoms with Crippen LogP contribution >= 0.6 is 0 Å². The average molecular weight is 269 g/mol. The second-order valence-electron chi connectivity index (χ2n) is 4.73. The minimum Gasteiger partial charge on any atom is -0.481 e. The topological polar surface area (TPSA) is 105 Å². The van der Waals surface area contributed by atoms with E-state index in [1.54, 1.807) is 6.92 Å². The van der Waals surface area contributed by atoms with E-state index >= 15 is 0 Å². The largest absolute Gasteiger partial charge is 0.481 e. The Morgan fingerprint density at radius 3 is 2.58 bits per heavy atom. The summed E-state index contributed by atoms with van der Waals surface area (Å²) in [7, 11) is 0. The van der Waals surface area contributed by atoms with E-state index in [0.29, 0.717) is 18.1 Å². The smallest absolute Gasteiger partial charge is 0.308 e. The van der Waals surface area contributed by atoms with Gasteiger partial charge >= 0.3 is 5.97 Å². The maximum Gasteiger partial charge on any atom is 0.308 e. The Morgan fingerprint density at radius 2 is 2.11 bits per heavy atom. The molecule has 1 aromatic heterocycles. The number of carboxylic acid groups (broad SMARTS) is 1. The molecule has 0 bridgehead atoms. The lowest BCUT2D eigenvalue weighted by Crippen LogP contribution is -2.35. The van der Waals surface area contributed by atoms with Gasteiger partial charge in [-0.25, -0.2) is 0 Å². The van der Waals surface area contributed by atoms with Gasteiger partial charge < -0.3 is 14.9 Å². The molecule has 0 aliphatic carbocycles. The second-order valence-corrected chi connectivity index (χ2v) is 4.73. The van der Waals surface area contributed by atoms with Crippen molar-refractivity contribution < 1.29 is 19.2 Å². The molecule has 7 nitrogen and oxygen atoms in total.